The van der Waals surface area contributed by atoms with Crippen molar-refractivity contribution in [2.24, 2.45) is 64.6 Å². The first-order valence-electron chi connectivity index (χ1n) is 35.2. The average molecular weight is 1320 g/mol. The van der Waals surface area contributed by atoms with Gasteiger partial charge in [0.05, 0.1) is 172 Å². The van der Waals surface area contributed by atoms with Gasteiger partial charge in [-0.05, 0) is 123 Å². The molecule has 0 saturated carbocycles. The molecule has 14 atom stereocenters. The molecule has 0 aliphatic carbocycles. The van der Waals surface area contributed by atoms with E-state index in [0.717, 1.165) is 0 Å². The topological polar surface area (TPSA) is 295 Å². The van der Waals surface area contributed by atoms with Gasteiger partial charge in [0.2, 0.25) is 0 Å². The molecule has 0 bridgehead atoms. The van der Waals surface area contributed by atoms with E-state index in [0.29, 0.717) is 87.9 Å². The Hall–Kier alpha value is -0.800. The van der Waals surface area contributed by atoms with Crippen molar-refractivity contribution in [1.29, 1.82) is 0 Å². The van der Waals surface area contributed by atoms with Crippen LogP contribution in [0.25, 0.3) is 0 Å². The van der Waals surface area contributed by atoms with Crippen molar-refractivity contribution in [3.8, 4) is 0 Å². The van der Waals surface area contributed by atoms with E-state index in [4.69, 9.17) is 47.4 Å². The average Bonchev–Trinajstić information content (AvgIpc) is 1.58. The molecule has 14 unspecified atom stereocenters. The van der Waals surface area contributed by atoms with E-state index in [9.17, 15) is 51.1 Å². The van der Waals surface area contributed by atoms with Crippen LogP contribution in [0.2, 0.25) is 0 Å². The van der Waals surface area contributed by atoms with E-state index in [1.165, 1.54) is 0 Å². The summed E-state index contributed by atoms with van der Waals surface area (Å²) >= 11 is 0. The monoisotopic (exact) mass is 1320 g/mol. The molecule has 0 aliphatic heterocycles. The van der Waals surface area contributed by atoms with Gasteiger partial charge in [0.1, 0.15) is 24.4 Å². The number of aliphatic hydroxyl groups is 10. The van der Waals surface area contributed by atoms with Crippen molar-refractivity contribution in [1.82, 2.24) is 0 Å². The Morgan fingerprint density at radius 1 is 0.198 bits per heavy atom. The van der Waals surface area contributed by atoms with Gasteiger partial charge in [0.25, 0.3) is 0 Å². The molecule has 0 spiro atoms. The summed E-state index contributed by atoms with van der Waals surface area (Å²) < 4.78 is 61.9. The minimum Gasteiger partial charge on any atom is -0.391 e. The third-order valence-electron chi connectivity index (χ3n) is 14.5. The minimum absolute atomic E-state index is 0.0334. The van der Waals surface area contributed by atoms with Crippen molar-refractivity contribution in [3.05, 3.63) is 0 Å². The van der Waals surface area contributed by atoms with E-state index >= 15 is 0 Å². The summed E-state index contributed by atoms with van der Waals surface area (Å²) in [6.07, 6.45) is -4.96. The Kier molecular flexibility index (Phi) is 54.9. The first-order chi connectivity index (χ1) is 42.4. The highest BCUT2D eigenvalue weighted by Crippen LogP contribution is 2.26. The number of rotatable bonds is 59. The van der Waals surface area contributed by atoms with Gasteiger partial charge in [-0.3, -0.25) is 0 Å². The van der Waals surface area contributed by atoms with Gasteiger partial charge in [0, 0.05) is 0 Å². The van der Waals surface area contributed by atoms with Crippen molar-refractivity contribution in [3.63, 3.8) is 0 Å². The summed E-state index contributed by atoms with van der Waals surface area (Å²) in [5.74, 6) is 2.78. The van der Waals surface area contributed by atoms with Crippen LogP contribution in [0.4, 0.5) is 0 Å². The first-order valence-corrected chi connectivity index (χ1v) is 35.2. The van der Waals surface area contributed by atoms with Crippen molar-refractivity contribution >= 4 is 0 Å². The van der Waals surface area contributed by atoms with Crippen LogP contribution in [0.15, 0.2) is 0 Å². The van der Waals surface area contributed by atoms with Crippen LogP contribution in [-0.4, -0.2) is 242 Å². The molecule has 20 heteroatoms. The molecule has 0 heterocycles. The van der Waals surface area contributed by atoms with Crippen molar-refractivity contribution in [2.75, 3.05) is 106 Å². The van der Waals surface area contributed by atoms with Crippen LogP contribution in [0.1, 0.15) is 203 Å². The molecule has 10 N–H and O–H groups in total. The maximum absolute atomic E-state index is 11.0. The van der Waals surface area contributed by atoms with Crippen LogP contribution in [0.3, 0.4) is 0 Å². The number of aliphatic hydroxyl groups excluding tert-OH is 10. The second-order valence-electron chi connectivity index (χ2n) is 30.8. The SMILES string of the molecule is CC(C)CC(O)COCC(COCC(O)CC(C)C)(COCC(O)CC(C)C)COCC(O)CC(C)C.CC(C)CC(O)COCC(OCC(O)CC(C)C)C(OCC(O)CC(C)C)C(OCC(O)CC(C)C)C(COCC(O)CC(C)C)OCC(O)CC(C)C. The molecule has 20 nitrogen and oxygen atoms in total. The largest absolute Gasteiger partial charge is 0.391 e. The highest BCUT2D eigenvalue weighted by atomic mass is 16.6. The molecule has 0 fully saturated rings. The zero-order valence-electron chi connectivity index (χ0n) is 61.3. The fourth-order valence-electron chi connectivity index (χ4n) is 10.9. The fourth-order valence-corrected chi connectivity index (χ4v) is 10.9. The molecule has 0 amide bonds. The highest BCUT2D eigenvalue weighted by molar-refractivity contribution is 4.89. The third-order valence-corrected chi connectivity index (χ3v) is 14.5. The molecule has 91 heavy (non-hydrogen) atoms. The maximum atomic E-state index is 11.0. The molecular weight excluding hydrogens is 1170 g/mol. The molecule has 0 radical (unpaired) electrons. The number of hydrogen-bond donors (Lipinski definition) is 10. The van der Waals surface area contributed by atoms with Gasteiger partial charge < -0.3 is 98.4 Å². The normalized spacial score (nSPS) is 18.1. The summed E-state index contributed by atoms with van der Waals surface area (Å²) in [7, 11) is 0. The van der Waals surface area contributed by atoms with E-state index in [-0.39, 0.29) is 141 Å². The van der Waals surface area contributed by atoms with E-state index in [1.807, 2.05) is 83.1 Å². The second kappa shape index (κ2) is 54.2. The lowest BCUT2D eigenvalue weighted by Gasteiger charge is -2.39. The zero-order valence-corrected chi connectivity index (χ0v) is 61.3. The number of ether oxygens (including phenoxy) is 10. The molecule has 0 aromatic carbocycles. The van der Waals surface area contributed by atoms with Gasteiger partial charge >= 0.3 is 0 Å². The molecule has 0 aliphatic rings. The quantitative estimate of drug-likeness (QED) is 0.0272. The summed E-state index contributed by atoms with van der Waals surface area (Å²) in [6.45, 7) is 42.0. The Balaban J connectivity index is 0. The van der Waals surface area contributed by atoms with Crippen LogP contribution in [0.5, 0.6) is 0 Å². The molecule has 0 saturated heterocycles. The summed E-state index contributed by atoms with van der Waals surface area (Å²) in [6, 6.07) is 0. The summed E-state index contributed by atoms with van der Waals surface area (Å²) in [5, 5.41) is 106. The zero-order chi connectivity index (χ0) is 69.8. The lowest BCUT2D eigenvalue weighted by Crippen LogP contribution is -2.54. The lowest BCUT2D eigenvalue weighted by atomic mass is 9.92. The Morgan fingerprint density at radius 3 is 0.527 bits per heavy atom. The van der Waals surface area contributed by atoms with E-state index < -0.39 is 90.9 Å². The molecule has 0 rings (SSSR count). The van der Waals surface area contributed by atoms with Gasteiger partial charge in [-0.15, -0.1) is 0 Å². The first kappa shape index (κ1) is 92.3. The van der Waals surface area contributed by atoms with Crippen LogP contribution in [-0.2, 0) is 47.4 Å². The predicted molar refractivity (Wildman–Crippen MR) is 361 cm³/mol. The van der Waals surface area contributed by atoms with Gasteiger partial charge in [-0.25, -0.2) is 0 Å². The third kappa shape index (κ3) is 54.9. The van der Waals surface area contributed by atoms with Crippen molar-refractivity contribution in [2.45, 2.75) is 288 Å². The minimum atomic E-state index is -0.983. The predicted octanol–water partition coefficient (Wildman–Crippen LogP) is 8.67. The Bertz CT molecular complexity index is 1440. The lowest BCUT2D eigenvalue weighted by molar-refractivity contribution is -0.216. The van der Waals surface area contributed by atoms with Crippen LogP contribution >= 0.6 is 0 Å². The molecule has 0 aromatic heterocycles. The van der Waals surface area contributed by atoms with Crippen LogP contribution < -0.4 is 0 Å². The van der Waals surface area contributed by atoms with Gasteiger partial charge in [-0.2, -0.15) is 0 Å². The number of hydrogen-bond acceptors (Lipinski definition) is 20. The molecule has 0 aromatic rings. The van der Waals surface area contributed by atoms with Gasteiger partial charge in [0.15, 0.2) is 0 Å². The Morgan fingerprint density at radius 2 is 0.352 bits per heavy atom. The molecular formula is C71H146O20. The highest BCUT2D eigenvalue weighted by Gasteiger charge is 2.41. The Labute approximate surface area is 554 Å². The van der Waals surface area contributed by atoms with E-state index in [1.54, 1.807) is 0 Å². The van der Waals surface area contributed by atoms with Crippen molar-refractivity contribution < 1.29 is 98.4 Å². The smallest absolute Gasteiger partial charge is 0.115 e. The van der Waals surface area contributed by atoms with Gasteiger partial charge in [-0.1, -0.05) is 138 Å². The molecule has 550 valence electrons. The van der Waals surface area contributed by atoms with Crippen LogP contribution in [0, 0.1) is 64.6 Å². The summed E-state index contributed by atoms with van der Waals surface area (Å²) in [5.41, 5.74) is -0.732. The second-order valence-corrected chi connectivity index (χ2v) is 30.8. The standard InChI is InChI=1S/C42H86O12.C29H60O8/c1-27(2)13-33(43)19-49-25-39(51-21-35(45)15-29(5)6)41(53-23-37(47)17-31(9)10)42(54-24-38(48)18-32(11)12)40(52-22-36(46)16-30(7)8)26-50-20-34(44)14-28(3)4;1-21(2)9-25(30)13-34-17-29(18-35-14-26(31)10-22(3)4,19-36-15-27(32)11-23(5)6)20-37-16-28(33)12-24(7)8/h27-48H,13-26H2,1-12H3;21-28,30-33H,9-20H2,1-8H3. The van der Waals surface area contributed by atoms with E-state index in [2.05, 4.69) is 55.4 Å². The fraction of sp³-hybridized carbons (Fsp3) is 1.00. The maximum Gasteiger partial charge on any atom is 0.115 e. The summed E-state index contributed by atoms with van der Waals surface area (Å²) in [4.78, 5) is 0.